The normalized spacial score (nSPS) is 11.5. The Morgan fingerprint density at radius 3 is 2.52 bits per heavy atom. The van der Waals surface area contributed by atoms with Crippen molar-refractivity contribution in [3.05, 3.63) is 82.4 Å². The Morgan fingerprint density at radius 1 is 0.968 bits per heavy atom. The summed E-state index contributed by atoms with van der Waals surface area (Å²) >= 11 is 0. The molecule has 0 saturated heterocycles. The first-order valence-electron chi connectivity index (χ1n) is 10.7. The van der Waals surface area contributed by atoms with Crippen LogP contribution in [0.25, 0.3) is 21.8 Å². The van der Waals surface area contributed by atoms with Crippen molar-refractivity contribution in [1.82, 2.24) is 4.57 Å². The molecular formula is C25H26N4O2. The molecule has 0 amide bonds. The Labute approximate surface area is 181 Å². The molecule has 4 rings (SSSR count). The summed E-state index contributed by atoms with van der Waals surface area (Å²) in [5.74, 6) is 0. The zero-order valence-electron chi connectivity index (χ0n) is 17.6. The highest BCUT2D eigenvalue weighted by Gasteiger charge is 2.10. The Hall–Kier alpha value is -3.67. The minimum Gasteiger partial charge on any atom is -0.340 e. The highest BCUT2D eigenvalue weighted by atomic mass is 16.6. The molecule has 0 spiro atoms. The Kier molecular flexibility index (Phi) is 6.26. The average Bonchev–Trinajstić information content (AvgIpc) is 3.10. The number of fused-ring (bicyclic) bond motifs is 3. The first-order chi connectivity index (χ1) is 15.2. The lowest BCUT2D eigenvalue weighted by molar-refractivity contribution is -0.384. The van der Waals surface area contributed by atoms with Gasteiger partial charge in [0, 0.05) is 40.5 Å². The SMILES string of the molecule is CCCCCCn1c2ccccc2c2cc(/C=N/Nc3ccc([N+](=O)[O-])cc3)ccc21. The molecule has 31 heavy (non-hydrogen) atoms. The Balaban J connectivity index is 1.56. The van der Waals surface area contributed by atoms with Crippen LogP contribution in [0.3, 0.4) is 0 Å². The van der Waals surface area contributed by atoms with E-state index in [-0.39, 0.29) is 5.69 Å². The minimum atomic E-state index is -0.414. The number of benzene rings is 3. The number of aromatic nitrogens is 1. The predicted molar refractivity (Wildman–Crippen MR) is 128 cm³/mol. The summed E-state index contributed by atoms with van der Waals surface area (Å²) in [7, 11) is 0. The number of nitrogens with one attached hydrogen (secondary N) is 1. The van der Waals surface area contributed by atoms with Gasteiger partial charge in [0.25, 0.3) is 5.69 Å². The van der Waals surface area contributed by atoms with Crippen LogP contribution in [-0.2, 0) is 6.54 Å². The topological polar surface area (TPSA) is 72.5 Å². The highest BCUT2D eigenvalue weighted by molar-refractivity contribution is 6.09. The predicted octanol–water partition coefficient (Wildman–Crippen LogP) is 6.73. The van der Waals surface area contributed by atoms with Crippen LogP contribution in [0.15, 0.2) is 71.8 Å². The molecule has 158 valence electrons. The molecule has 0 saturated carbocycles. The summed E-state index contributed by atoms with van der Waals surface area (Å²) in [4.78, 5) is 10.3. The van der Waals surface area contributed by atoms with Gasteiger partial charge in [-0.25, -0.2) is 0 Å². The van der Waals surface area contributed by atoms with Gasteiger partial charge >= 0.3 is 0 Å². The molecule has 0 fully saturated rings. The lowest BCUT2D eigenvalue weighted by Gasteiger charge is -2.07. The Bertz CT molecular complexity index is 1230. The van der Waals surface area contributed by atoms with E-state index in [4.69, 9.17) is 0 Å². The van der Waals surface area contributed by atoms with Gasteiger partial charge in [-0.1, -0.05) is 50.5 Å². The van der Waals surface area contributed by atoms with Crippen LogP contribution >= 0.6 is 0 Å². The maximum atomic E-state index is 10.8. The van der Waals surface area contributed by atoms with Gasteiger partial charge in [0.1, 0.15) is 0 Å². The van der Waals surface area contributed by atoms with Crippen molar-refractivity contribution in [2.75, 3.05) is 5.43 Å². The molecule has 0 radical (unpaired) electrons. The zero-order chi connectivity index (χ0) is 21.6. The van der Waals surface area contributed by atoms with Crippen molar-refractivity contribution in [2.45, 2.75) is 39.2 Å². The quantitative estimate of drug-likeness (QED) is 0.143. The number of unbranched alkanes of at least 4 members (excludes halogenated alkanes) is 3. The molecule has 0 bridgehead atoms. The number of rotatable bonds is 9. The van der Waals surface area contributed by atoms with E-state index in [0.717, 1.165) is 12.1 Å². The molecule has 4 aromatic rings. The number of hydrogen-bond acceptors (Lipinski definition) is 4. The van der Waals surface area contributed by atoms with Crippen LogP contribution < -0.4 is 5.43 Å². The van der Waals surface area contributed by atoms with Crippen molar-refractivity contribution >= 4 is 39.4 Å². The summed E-state index contributed by atoms with van der Waals surface area (Å²) in [6.45, 7) is 3.26. The smallest absolute Gasteiger partial charge is 0.269 e. The molecule has 3 aromatic carbocycles. The monoisotopic (exact) mass is 414 g/mol. The van der Waals surface area contributed by atoms with E-state index < -0.39 is 4.92 Å². The largest absolute Gasteiger partial charge is 0.340 e. The number of aryl methyl sites for hydroxylation is 1. The van der Waals surface area contributed by atoms with Gasteiger partial charge in [0.2, 0.25) is 0 Å². The number of para-hydroxylation sites is 1. The summed E-state index contributed by atoms with van der Waals surface area (Å²) in [6.07, 6.45) is 6.73. The Morgan fingerprint density at radius 2 is 1.74 bits per heavy atom. The van der Waals surface area contributed by atoms with Gasteiger partial charge in [-0.05, 0) is 42.3 Å². The summed E-state index contributed by atoms with van der Waals surface area (Å²) in [5.41, 5.74) is 7.21. The van der Waals surface area contributed by atoms with Gasteiger partial charge in [0.05, 0.1) is 16.8 Å². The first-order valence-corrected chi connectivity index (χ1v) is 10.7. The van der Waals surface area contributed by atoms with Crippen LogP contribution in [0.5, 0.6) is 0 Å². The van der Waals surface area contributed by atoms with E-state index in [1.807, 2.05) is 0 Å². The lowest BCUT2D eigenvalue weighted by Crippen LogP contribution is -1.97. The summed E-state index contributed by atoms with van der Waals surface area (Å²) < 4.78 is 2.43. The minimum absolute atomic E-state index is 0.0612. The van der Waals surface area contributed by atoms with Crippen molar-refractivity contribution in [2.24, 2.45) is 5.10 Å². The number of hydrogen-bond donors (Lipinski definition) is 1. The number of nitro benzene ring substituents is 1. The van der Waals surface area contributed by atoms with Crippen LogP contribution in [0, 0.1) is 10.1 Å². The average molecular weight is 415 g/mol. The molecule has 6 nitrogen and oxygen atoms in total. The second-order valence-electron chi connectivity index (χ2n) is 7.68. The van der Waals surface area contributed by atoms with E-state index in [1.165, 1.54) is 59.6 Å². The third-order valence-corrected chi connectivity index (χ3v) is 5.52. The maximum absolute atomic E-state index is 10.8. The molecule has 0 aliphatic rings. The summed E-state index contributed by atoms with van der Waals surface area (Å²) in [5, 5.41) is 17.5. The van der Waals surface area contributed by atoms with Gasteiger partial charge in [-0.2, -0.15) is 5.10 Å². The maximum Gasteiger partial charge on any atom is 0.269 e. The van der Waals surface area contributed by atoms with Gasteiger partial charge < -0.3 is 4.57 Å². The van der Waals surface area contributed by atoms with E-state index in [2.05, 4.69) is 64.5 Å². The van der Waals surface area contributed by atoms with Crippen molar-refractivity contribution < 1.29 is 4.92 Å². The second kappa shape index (κ2) is 9.43. The van der Waals surface area contributed by atoms with E-state index in [1.54, 1.807) is 18.3 Å². The molecule has 1 N–H and O–H groups in total. The van der Waals surface area contributed by atoms with Crippen LogP contribution in [0.4, 0.5) is 11.4 Å². The van der Waals surface area contributed by atoms with Gasteiger partial charge in [-0.15, -0.1) is 0 Å². The first kappa shape index (κ1) is 20.6. The van der Waals surface area contributed by atoms with Crippen molar-refractivity contribution in [3.63, 3.8) is 0 Å². The fourth-order valence-corrected chi connectivity index (χ4v) is 3.93. The standard InChI is InChI=1S/C25H26N4O2/c1-2-3-4-7-16-28-24-9-6-5-8-22(24)23-17-19(10-15-25(23)28)18-26-27-20-11-13-21(14-12-20)29(30)31/h5-6,8-15,17-18,27H,2-4,7,16H2,1H3/b26-18+. The van der Waals surface area contributed by atoms with E-state index in [0.29, 0.717) is 5.69 Å². The second-order valence-corrected chi connectivity index (χ2v) is 7.68. The third kappa shape index (κ3) is 4.58. The highest BCUT2D eigenvalue weighted by Crippen LogP contribution is 2.30. The number of nitro groups is 1. The fourth-order valence-electron chi connectivity index (χ4n) is 3.93. The number of nitrogens with zero attached hydrogens (tertiary/aromatic N) is 3. The molecule has 0 unspecified atom stereocenters. The molecule has 0 atom stereocenters. The molecule has 0 aliphatic heterocycles. The van der Waals surface area contributed by atoms with Crippen LogP contribution in [0.2, 0.25) is 0 Å². The van der Waals surface area contributed by atoms with E-state index in [9.17, 15) is 10.1 Å². The van der Waals surface area contributed by atoms with Gasteiger partial charge in [0.15, 0.2) is 0 Å². The molecule has 1 aromatic heterocycles. The molecule has 6 heteroatoms. The van der Waals surface area contributed by atoms with Gasteiger partial charge in [-0.3, -0.25) is 15.5 Å². The van der Waals surface area contributed by atoms with Crippen molar-refractivity contribution in [1.29, 1.82) is 0 Å². The molecule has 1 heterocycles. The number of non-ortho nitro benzene ring substituents is 1. The van der Waals surface area contributed by atoms with E-state index >= 15 is 0 Å². The van der Waals surface area contributed by atoms with Crippen molar-refractivity contribution in [3.8, 4) is 0 Å². The van der Waals surface area contributed by atoms with Crippen LogP contribution in [-0.4, -0.2) is 15.7 Å². The number of hydrazone groups is 1. The summed E-state index contributed by atoms with van der Waals surface area (Å²) in [6, 6.07) is 21.2. The third-order valence-electron chi connectivity index (χ3n) is 5.52. The molecular weight excluding hydrogens is 388 g/mol. The molecule has 0 aliphatic carbocycles. The lowest BCUT2D eigenvalue weighted by atomic mass is 10.1. The fraction of sp³-hybridized carbons (Fsp3) is 0.240. The number of anilines is 1. The zero-order valence-corrected chi connectivity index (χ0v) is 17.6. The van der Waals surface area contributed by atoms with Crippen LogP contribution in [0.1, 0.15) is 38.2 Å².